The van der Waals surface area contributed by atoms with Crippen LogP contribution in [0.15, 0.2) is 30.6 Å². The van der Waals surface area contributed by atoms with E-state index < -0.39 is 0 Å². The van der Waals surface area contributed by atoms with Crippen LogP contribution >= 0.6 is 0 Å². The summed E-state index contributed by atoms with van der Waals surface area (Å²) >= 11 is 0. The molecular formula is C21H29N5O. The number of carbonyl (C=O) groups excluding carboxylic acids is 1. The van der Waals surface area contributed by atoms with E-state index in [0.29, 0.717) is 11.9 Å². The van der Waals surface area contributed by atoms with Crippen molar-refractivity contribution in [2.24, 2.45) is 5.92 Å². The molecule has 2 aliphatic heterocycles. The zero-order valence-electron chi connectivity index (χ0n) is 15.9. The maximum absolute atomic E-state index is 13.0. The monoisotopic (exact) mass is 367 g/mol. The molecule has 27 heavy (non-hydrogen) atoms. The average molecular weight is 367 g/mol. The van der Waals surface area contributed by atoms with Gasteiger partial charge in [0, 0.05) is 51.2 Å². The van der Waals surface area contributed by atoms with Crippen LogP contribution in [0, 0.1) is 5.92 Å². The molecule has 2 saturated heterocycles. The highest BCUT2D eigenvalue weighted by Crippen LogP contribution is 2.33. The van der Waals surface area contributed by atoms with Crippen molar-refractivity contribution in [1.82, 2.24) is 24.5 Å². The number of nitrogens with one attached hydrogen (secondary N) is 1. The molecule has 1 N–H and O–H groups in total. The molecule has 1 amide bonds. The maximum atomic E-state index is 13.0. The second-order valence-electron chi connectivity index (χ2n) is 8.41. The molecule has 1 saturated carbocycles. The Balaban J connectivity index is 1.15. The number of carbonyl (C=O) groups is 1. The van der Waals surface area contributed by atoms with Gasteiger partial charge in [-0.2, -0.15) is 0 Å². The van der Waals surface area contributed by atoms with E-state index in [2.05, 4.69) is 25.7 Å². The third kappa shape index (κ3) is 3.48. The highest BCUT2D eigenvalue weighted by molar-refractivity contribution is 5.82. The third-order valence-electron chi connectivity index (χ3n) is 6.64. The number of rotatable bonds is 3. The molecule has 0 spiro atoms. The van der Waals surface area contributed by atoms with E-state index in [4.69, 9.17) is 4.98 Å². The number of fused-ring (bicyclic) bond motifs is 2. The lowest BCUT2D eigenvalue weighted by molar-refractivity contribution is -0.135. The lowest BCUT2D eigenvalue weighted by atomic mass is 9.85. The summed E-state index contributed by atoms with van der Waals surface area (Å²) in [6.07, 6.45) is 10.4. The minimum atomic E-state index is 0.0584. The maximum Gasteiger partial charge on any atom is 0.239 e. The summed E-state index contributed by atoms with van der Waals surface area (Å²) in [6, 6.07) is 6.72. The summed E-state index contributed by atoms with van der Waals surface area (Å²) in [7, 11) is 0. The van der Waals surface area contributed by atoms with Crippen LogP contribution in [0.4, 0.5) is 0 Å². The van der Waals surface area contributed by atoms with Crippen molar-refractivity contribution < 1.29 is 4.79 Å². The first-order chi connectivity index (χ1) is 13.3. The minimum Gasteiger partial charge on any atom is -0.339 e. The Morgan fingerprint density at radius 2 is 2.00 bits per heavy atom. The molecule has 3 atom stereocenters. The van der Waals surface area contributed by atoms with Gasteiger partial charge in [0.1, 0.15) is 5.65 Å². The molecule has 1 aliphatic carbocycles. The number of hydrogen-bond donors (Lipinski definition) is 1. The van der Waals surface area contributed by atoms with Crippen LogP contribution in [0.3, 0.4) is 0 Å². The Labute approximate surface area is 160 Å². The number of nitrogens with zero attached hydrogens (tertiary/aromatic N) is 4. The van der Waals surface area contributed by atoms with Gasteiger partial charge in [-0.1, -0.05) is 18.9 Å². The van der Waals surface area contributed by atoms with Gasteiger partial charge in [0.2, 0.25) is 5.91 Å². The highest BCUT2D eigenvalue weighted by Gasteiger charge is 2.40. The first kappa shape index (κ1) is 17.2. The topological polar surface area (TPSA) is 52.9 Å². The van der Waals surface area contributed by atoms with Gasteiger partial charge in [0.15, 0.2) is 0 Å². The molecule has 0 radical (unpaired) electrons. The quantitative estimate of drug-likeness (QED) is 0.900. The summed E-state index contributed by atoms with van der Waals surface area (Å²) in [4.78, 5) is 22.1. The van der Waals surface area contributed by atoms with Crippen LogP contribution in [0.25, 0.3) is 5.65 Å². The van der Waals surface area contributed by atoms with Crippen LogP contribution in [-0.2, 0) is 11.3 Å². The average Bonchev–Trinajstić information content (AvgIpc) is 3.31. The normalized spacial score (nSPS) is 29.2. The van der Waals surface area contributed by atoms with Crippen molar-refractivity contribution >= 4 is 11.6 Å². The first-order valence-electron chi connectivity index (χ1n) is 10.5. The number of piperazine rings is 1. The number of pyridine rings is 1. The van der Waals surface area contributed by atoms with Crippen molar-refractivity contribution in [2.45, 2.75) is 50.7 Å². The van der Waals surface area contributed by atoms with Gasteiger partial charge in [0.05, 0.1) is 11.7 Å². The van der Waals surface area contributed by atoms with Gasteiger partial charge in [-0.05, 0) is 37.3 Å². The molecule has 0 bridgehead atoms. The van der Waals surface area contributed by atoms with Crippen molar-refractivity contribution in [3.05, 3.63) is 36.3 Å². The van der Waals surface area contributed by atoms with Gasteiger partial charge >= 0.3 is 0 Å². The Morgan fingerprint density at radius 1 is 1.15 bits per heavy atom. The van der Waals surface area contributed by atoms with Gasteiger partial charge in [0.25, 0.3) is 0 Å². The molecule has 3 aliphatic rings. The fourth-order valence-corrected chi connectivity index (χ4v) is 5.15. The van der Waals surface area contributed by atoms with Gasteiger partial charge < -0.3 is 14.6 Å². The van der Waals surface area contributed by atoms with Crippen molar-refractivity contribution in [1.29, 1.82) is 0 Å². The van der Waals surface area contributed by atoms with Crippen molar-refractivity contribution in [3.63, 3.8) is 0 Å². The molecule has 3 fully saturated rings. The molecule has 6 nitrogen and oxygen atoms in total. The highest BCUT2D eigenvalue weighted by atomic mass is 16.2. The Bertz CT molecular complexity index is 763. The van der Waals surface area contributed by atoms with Crippen LogP contribution in [0.2, 0.25) is 0 Å². The van der Waals surface area contributed by atoms with Crippen LogP contribution in [0.5, 0.6) is 0 Å². The predicted octanol–water partition coefficient (Wildman–Crippen LogP) is 1.90. The summed E-state index contributed by atoms with van der Waals surface area (Å²) in [5, 5.41) is 3.64. The lowest BCUT2D eigenvalue weighted by Crippen LogP contribution is -2.53. The summed E-state index contributed by atoms with van der Waals surface area (Å²) in [5.74, 6) is 1.06. The van der Waals surface area contributed by atoms with E-state index in [1.807, 2.05) is 24.4 Å². The molecule has 144 valence electrons. The molecule has 3 unspecified atom stereocenters. The van der Waals surface area contributed by atoms with E-state index in [1.54, 1.807) is 0 Å². The number of amides is 1. The first-order valence-corrected chi connectivity index (χ1v) is 10.5. The Hall–Kier alpha value is -1.92. The molecule has 2 aromatic heterocycles. The molecule has 5 rings (SSSR count). The second kappa shape index (κ2) is 7.24. The van der Waals surface area contributed by atoms with E-state index in [1.165, 1.54) is 25.7 Å². The Morgan fingerprint density at radius 3 is 2.81 bits per heavy atom. The fraction of sp³-hybridized carbons (Fsp3) is 0.619. The zero-order chi connectivity index (χ0) is 18.2. The zero-order valence-corrected chi connectivity index (χ0v) is 15.9. The number of imidazole rings is 1. The van der Waals surface area contributed by atoms with Gasteiger partial charge in [-0.15, -0.1) is 0 Å². The second-order valence-corrected chi connectivity index (χ2v) is 8.41. The summed E-state index contributed by atoms with van der Waals surface area (Å²) in [6.45, 7) is 4.38. The van der Waals surface area contributed by atoms with E-state index in [0.717, 1.165) is 56.4 Å². The largest absolute Gasteiger partial charge is 0.339 e. The third-order valence-corrected chi connectivity index (χ3v) is 6.64. The van der Waals surface area contributed by atoms with E-state index >= 15 is 0 Å². The van der Waals surface area contributed by atoms with Crippen molar-refractivity contribution in [2.75, 3.05) is 26.2 Å². The van der Waals surface area contributed by atoms with Gasteiger partial charge in [-0.3, -0.25) is 9.69 Å². The van der Waals surface area contributed by atoms with E-state index in [9.17, 15) is 4.79 Å². The standard InChI is InChI=1S/C21H29N5O/c27-21(19-13-16-5-1-2-6-18(16)23-19)25-11-9-24(10-12-25)14-17-15-26-8-4-3-7-20(26)22-17/h3-4,7-8,15-16,18-19,23H,1-2,5-6,9-14H2. The smallest absolute Gasteiger partial charge is 0.239 e. The van der Waals surface area contributed by atoms with Crippen LogP contribution in [0.1, 0.15) is 37.8 Å². The fourth-order valence-electron chi connectivity index (χ4n) is 5.15. The van der Waals surface area contributed by atoms with E-state index in [-0.39, 0.29) is 6.04 Å². The Kier molecular flexibility index (Phi) is 4.61. The summed E-state index contributed by atoms with van der Waals surface area (Å²) in [5.41, 5.74) is 2.09. The molecule has 4 heterocycles. The molecule has 6 heteroatoms. The van der Waals surface area contributed by atoms with Gasteiger partial charge in [-0.25, -0.2) is 4.98 Å². The minimum absolute atomic E-state index is 0.0584. The molecule has 2 aromatic rings. The number of aromatic nitrogens is 2. The SMILES string of the molecule is O=C(C1CC2CCCCC2N1)N1CCN(Cc2cn3ccccc3n2)CC1. The lowest BCUT2D eigenvalue weighted by Gasteiger charge is -2.35. The van der Waals surface area contributed by atoms with Crippen molar-refractivity contribution in [3.8, 4) is 0 Å². The molecule has 0 aromatic carbocycles. The van der Waals surface area contributed by atoms with Crippen LogP contribution in [-0.4, -0.2) is 63.4 Å². The van der Waals surface area contributed by atoms with Crippen LogP contribution < -0.4 is 5.32 Å². The predicted molar refractivity (Wildman–Crippen MR) is 104 cm³/mol. The summed E-state index contributed by atoms with van der Waals surface area (Å²) < 4.78 is 2.07. The molecular weight excluding hydrogens is 338 g/mol. The number of hydrogen-bond acceptors (Lipinski definition) is 4.